The van der Waals surface area contributed by atoms with E-state index in [0.29, 0.717) is 12.0 Å². The number of sulfonamides is 1. The minimum absolute atomic E-state index is 0.0311. The number of nitrogens with zero attached hydrogens (tertiary/aromatic N) is 1. The molecule has 1 fully saturated rings. The quantitative estimate of drug-likeness (QED) is 0.138. The van der Waals surface area contributed by atoms with Crippen LogP contribution in [0.25, 0.3) is 11.1 Å². The lowest BCUT2D eigenvalue weighted by atomic mass is 10.0. The number of morpholine rings is 1. The number of unbranched alkanes of at least 4 members (excludes halogenated alkanes) is 1. The summed E-state index contributed by atoms with van der Waals surface area (Å²) in [4.78, 5) is 23.4. The number of aromatic hydroxyl groups is 2. The number of phenols is 2. The van der Waals surface area contributed by atoms with Crippen molar-refractivity contribution in [2.45, 2.75) is 23.9 Å². The van der Waals surface area contributed by atoms with E-state index >= 15 is 0 Å². The molecule has 0 aromatic heterocycles. The average molecular weight is 659 g/mol. The smallest absolute Gasteiger partial charge is 0.490 e. The number of ether oxygens (including phenoxy) is 2. The molecule has 0 unspecified atom stereocenters. The van der Waals surface area contributed by atoms with Crippen molar-refractivity contribution >= 4 is 27.6 Å². The number of esters is 1. The van der Waals surface area contributed by atoms with Gasteiger partial charge in [0.2, 0.25) is 0 Å². The number of halogens is 4. The van der Waals surface area contributed by atoms with Crippen LogP contribution in [-0.2, 0) is 24.3 Å². The number of nitrogens with one attached hydrogen (secondary N) is 1. The molecule has 0 bridgehead atoms. The lowest BCUT2D eigenvalue weighted by Crippen LogP contribution is -2.36. The number of rotatable bonds is 10. The van der Waals surface area contributed by atoms with E-state index in [-0.39, 0.29) is 34.1 Å². The van der Waals surface area contributed by atoms with Gasteiger partial charge in [0.1, 0.15) is 22.9 Å². The number of hydrogen-bond donors (Lipinski definition) is 4. The van der Waals surface area contributed by atoms with Gasteiger partial charge in [-0.25, -0.2) is 22.4 Å². The maximum atomic E-state index is 13.7. The second-order valence-electron chi connectivity index (χ2n) is 9.63. The van der Waals surface area contributed by atoms with Crippen LogP contribution in [-0.4, -0.2) is 86.2 Å². The van der Waals surface area contributed by atoms with E-state index in [2.05, 4.69) is 9.62 Å². The first kappa shape index (κ1) is 35.1. The highest BCUT2D eigenvalue weighted by molar-refractivity contribution is 7.92. The Bertz CT molecular complexity index is 1590. The predicted octanol–water partition coefficient (Wildman–Crippen LogP) is 4.61. The average Bonchev–Trinajstić information content (AvgIpc) is 2.98. The number of carboxylic acids is 1. The third-order valence-electron chi connectivity index (χ3n) is 6.33. The van der Waals surface area contributed by atoms with Crippen molar-refractivity contribution < 1.29 is 60.4 Å². The van der Waals surface area contributed by atoms with Crippen molar-refractivity contribution in [3.05, 3.63) is 72.0 Å². The number of alkyl halides is 3. The molecule has 1 aliphatic heterocycles. The maximum absolute atomic E-state index is 13.7. The summed E-state index contributed by atoms with van der Waals surface area (Å²) in [6.07, 6.45) is -3.55. The number of carbonyl (C=O) groups is 2. The topological polar surface area (TPSA) is 163 Å². The molecule has 3 aromatic carbocycles. The Morgan fingerprint density at radius 1 is 0.956 bits per heavy atom. The van der Waals surface area contributed by atoms with Crippen LogP contribution in [0.3, 0.4) is 0 Å². The minimum atomic E-state index is -5.08. The summed E-state index contributed by atoms with van der Waals surface area (Å²) in [5.74, 6) is -4.66. The van der Waals surface area contributed by atoms with Crippen molar-refractivity contribution in [1.82, 2.24) is 4.90 Å². The Morgan fingerprint density at radius 2 is 1.64 bits per heavy atom. The fourth-order valence-electron chi connectivity index (χ4n) is 4.06. The van der Waals surface area contributed by atoms with Crippen LogP contribution in [0.2, 0.25) is 0 Å². The zero-order chi connectivity index (χ0) is 33.2. The van der Waals surface area contributed by atoms with E-state index < -0.39 is 39.7 Å². The van der Waals surface area contributed by atoms with Crippen LogP contribution in [0.15, 0.2) is 65.6 Å². The Kier molecular flexibility index (Phi) is 12.1. The molecule has 11 nitrogen and oxygen atoms in total. The summed E-state index contributed by atoms with van der Waals surface area (Å²) in [6.45, 7) is 4.34. The predicted molar refractivity (Wildman–Crippen MR) is 153 cm³/mol. The number of phenolic OH excluding ortho intramolecular Hbond substituents is 2. The molecule has 0 radical (unpaired) electrons. The summed E-state index contributed by atoms with van der Waals surface area (Å²) < 4.78 is 84.2. The third-order valence-corrected chi connectivity index (χ3v) is 7.71. The molecule has 16 heteroatoms. The second-order valence-corrected chi connectivity index (χ2v) is 11.3. The van der Waals surface area contributed by atoms with E-state index in [1.807, 2.05) is 0 Å². The van der Waals surface area contributed by atoms with Gasteiger partial charge in [0.25, 0.3) is 10.0 Å². The van der Waals surface area contributed by atoms with E-state index in [1.54, 1.807) is 6.07 Å². The van der Waals surface area contributed by atoms with Gasteiger partial charge >= 0.3 is 18.1 Å². The summed E-state index contributed by atoms with van der Waals surface area (Å²) in [7, 11) is -4.11. The van der Waals surface area contributed by atoms with Crippen molar-refractivity contribution in [2.75, 3.05) is 44.2 Å². The van der Waals surface area contributed by atoms with Gasteiger partial charge in [-0.1, -0.05) is 12.1 Å². The first-order chi connectivity index (χ1) is 21.2. The van der Waals surface area contributed by atoms with Crippen LogP contribution in [0.5, 0.6) is 11.5 Å². The van der Waals surface area contributed by atoms with Gasteiger partial charge in [0.15, 0.2) is 0 Å². The van der Waals surface area contributed by atoms with Gasteiger partial charge in [-0.15, -0.1) is 0 Å². The molecule has 0 aliphatic carbocycles. The molecule has 4 N–H and O–H groups in total. The van der Waals surface area contributed by atoms with Gasteiger partial charge < -0.3 is 24.8 Å². The molecule has 1 aliphatic rings. The molecule has 1 heterocycles. The summed E-state index contributed by atoms with van der Waals surface area (Å²) >= 11 is 0. The number of carboxylic acid groups (broad SMARTS) is 1. The maximum Gasteiger partial charge on any atom is 0.490 e. The highest BCUT2D eigenvalue weighted by Crippen LogP contribution is 2.32. The first-order valence-electron chi connectivity index (χ1n) is 13.4. The Labute approximate surface area is 255 Å². The van der Waals surface area contributed by atoms with Gasteiger partial charge in [-0.05, 0) is 67.4 Å². The number of carbonyl (C=O) groups excluding carboxylic acids is 1. The molecule has 4 rings (SSSR count). The second kappa shape index (κ2) is 15.5. The minimum Gasteiger partial charge on any atom is -0.507 e. The standard InChI is InChI=1S/C27H29FN2O7S.C2HF3O2/c28-20-6-9-25(31)24(17-20)19-4-3-5-22(16-19)38(34,35)29-21-7-8-23(26(32)18-21)27(33)37-13-2-1-10-30-11-14-36-15-12-30;3-2(4,5)1(6)7/h3-9,16-18,29,31-32H,1-2,10-15H2;(H,6,7). The number of hydrogen-bond acceptors (Lipinski definition) is 9. The highest BCUT2D eigenvalue weighted by atomic mass is 32.2. The molecule has 3 aromatic rings. The molecule has 0 saturated carbocycles. The fourth-order valence-corrected chi connectivity index (χ4v) is 5.15. The third kappa shape index (κ3) is 10.6. The zero-order valence-electron chi connectivity index (χ0n) is 23.6. The van der Waals surface area contributed by atoms with Crippen molar-refractivity contribution in [1.29, 1.82) is 0 Å². The van der Waals surface area contributed by atoms with Crippen molar-refractivity contribution in [2.24, 2.45) is 0 Å². The Hall–Kier alpha value is -4.41. The number of anilines is 1. The molecule has 0 atom stereocenters. The molecule has 244 valence electrons. The molecule has 45 heavy (non-hydrogen) atoms. The lowest BCUT2D eigenvalue weighted by Gasteiger charge is -2.26. The van der Waals surface area contributed by atoms with Crippen LogP contribution >= 0.6 is 0 Å². The van der Waals surface area contributed by atoms with Crippen molar-refractivity contribution in [3.63, 3.8) is 0 Å². The van der Waals surface area contributed by atoms with Crippen LogP contribution < -0.4 is 4.72 Å². The van der Waals surface area contributed by atoms with E-state index in [9.17, 15) is 41.0 Å². The van der Waals surface area contributed by atoms with Gasteiger partial charge in [0, 0.05) is 24.7 Å². The highest BCUT2D eigenvalue weighted by Gasteiger charge is 2.38. The first-order valence-corrected chi connectivity index (χ1v) is 14.9. The lowest BCUT2D eigenvalue weighted by molar-refractivity contribution is -0.192. The van der Waals surface area contributed by atoms with Crippen LogP contribution in [0.1, 0.15) is 23.2 Å². The van der Waals surface area contributed by atoms with Crippen LogP contribution in [0, 0.1) is 5.82 Å². The molecule has 1 saturated heterocycles. The van der Waals surface area contributed by atoms with E-state index in [4.69, 9.17) is 19.4 Å². The largest absolute Gasteiger partial charge is 0.507 e. The SMILES string of the molecule is O=C(O)C(F)(F)F.O=C(OCCCCN1CCOCC1)c1ccc(NS(=O)(=O)c2cccc(-c3cc(F)ccc3O)c2)cc1O. The molecule has 0 amide bonds. The summed E-state index contributed by atoms with van der Waals surface area (Å²) in [5.41, 5.74) is 0.396. The molecular formula is C29H30F4N2O9S. The molecular weight excluding hydrogens is 628 g/mol. The van der Waals surface area contributed by atoms with E-state index in [0.717, 1.165) is 57.5 Å². The number of benzene rings is 3. The van der Waals surface area contributed by atoms with Gasteiger partial charge in [-0.3, -0.25) is 9.62 Å². The fraction of sp³-hybridized carbons (Fsp3) is 0.310. The summed E-state index contributed by atoms with van der Waals surface area (Å²) in [6, 6.07) is 12.8. The Balaban J connectivity index is 0.000000707. The normalized spacial score (nSPS) is 13.8. The molecule has 0 spiro atoms. The van der Waals surface area contributed by atoms with Gasteiger partial charge in [0.05, 0.1) is 30.4 Å². The van der Waals surface area contributed by atoms with Crippen LogP contribution in [0.4, 0.5) is 23.2 Å². The van der Waals surface area contributed by atoms with Crippen molar-refractivity contribution in [3.8, 4) is 22.6 Å². The van der Waals surface area contributed by atoms with Gasteiger partial charge in [-0.2, -0.15) is 13.2 Å². The number of aliphatic carboxylic acids is 1. The zero-order valence-corrected chi connectivity index (χ0v) is 24.4. The summed E-state index contributed by atoms with van der Waals surface area (Å²) in [5, 5.41) is 27.5. The monoisotopic (exact) mass is 658 g/mol. The Morgan fingerprint density at radius 3 is 2.29 bits per heavy atom. The van der Waals surface area contributed by atoms with E-state index in [1.165, 1.54) is 36.4 Å².